The van der Waals surface area contributed by atoms with Crippen molar-refractivity contribution in [2.24, 2.45) is 0 Å². The van der Waals surface area contributed by atoms with Gasteiger partial charge >= 0.3 is 12.0 Å². The normalized spacial score (nSPS) is 25.0. The third-order valence-corrected chi connectivity index (χ3v) is 3.44. The molecule has 0 aromatic rings. The Bertz CT molecular complexity index is 315. The first-order chi connectivity index (χ1) is 8.66. The van der Waals surface area contributed by atoms with E-state index in [0.29, 0.717) is 19.7 Å². The van der Waals surface area contributed by atoms with Crippen LogP contribution in [0.25, 0.3) is 0 Å². The molecule has 2 fully saturated rings. The van der Waals surface area contributed by atoms with Crippen LogP contribution in [0.1, 0.15) is 25.7 Å². The second kappa shape index (κ2) is 6.04. The van der Waals surface area contributed by atoms with E-state index in [0.717, 1.165) is 25.9 Å². The fourth-order valence-corrected chi connectivity index (χ4v) is 2.50. The van der Waals surface area contributed by atoms with Crippen molar-refractivity contribution >= 4 is 12.0 Å². The molecule has 102 valence electrons. The van der Waals surface area contributed by atoms with Crippen LogP contribution in [-0.4, -0.2) is 65.8 Å². The number of carboxylic acids is 1. The number of carbonyl (C=O) groups excluding carboxylic acids is 1. The highest BCUT2D eigenvalue weighted by atomic mass is 16.5. The highest BCUT2D eigenvalue weighted by molar-refractivity contribution is 5.75. The Labute approximate surface area is 106 Å². The summed E-state index contributed by atoms with van der Waals surface area (Å²) < 4.78 is 5.36. The van der Waals surface area contributed by atoms with Gasteiger partial charge < -0.3 is 19.6 Å². The van der Waals surface area contributed by atoms with Crippen molar-refractivity contribution in [1.29, 1.82) is 0 Å². The van der Waals surface area contributed by atoms with Crippen LogP contribution in [0.15, 0.2) is 0 Å². The van der Waals surface area contributed by atoms with Crippen molar-refractivity contribution in [2.45, 2.75) is 31.8 Å². The molecule has 2 heterocycles. The van der Waals surface area contributed by atoms with Gasteiger partial charge in [0, 0.05) is 26.2 Å². The lowest BCUT2D eigenvalue weighted by molar-refractivity contribution is -0.141. The van der Waals surface area contributed by atoms with E-state index in [1.807, 2.05) is 4.90 Å². The maximum absolute atomic E-state index is 12.2. The summed E-state index contributed by atoms with van der Waals surface area (Å²) in [5.74, 6) is -0.882. The molecule has 18 heavy (non-hydrogen) atoms. The summed E-state index contributed by atoms with van der Waals surface area (Å²) in [6.07, 6.45) is 2.91. The Morgan fingerprint density at radius 2 is 1.83 bits per heavy atom. The quantitative estimate of drug-likeness (QED) is 0.792. The molecule has 2 rings (SSSR count). The molecule has 2 aliphatic heterocycles. The van der Waals surface area contributed by atoms with Crippen LogP contribution in [0.5, 0.6) is 0 Å². The number of urea groups is 1. The lowest BCUT2D eigenvalue weighted by atomic mass is 10.1. The summed E-state index contributed by atoms with van der Waals surface area (Å²) in [6, 6.07) is 0.0355. The minimum atomic E-state index is -0.882. The van der Waals surface area contributed by atoms with Gasteiger partial charge in [0.1, 0.15) is 0 Å². The zero-order chi connectivity index (χ0) is 13.0. The highest BCUT2D eigenvalue weighted by Crippen LogP contribution is 2.15. The molecule has 0 aliphatic carbocycles. The van der Waals surface area contributed by atoms with E-state index in [1.165, 1.54) is 6.42 Å². The van der Waals surface area contributed by atoms with Gasteiger partial charge in [-0.3, -0.25) is 4.79 Å². The Balaban J connectivity index is 1.87. The monoisotopic (exact) mass is 256 g/mol. The van der Waals surface area contributed by atoms with Crippen LogP contribution in [0.2, 0.25) is 0 Å². The molecule has 6 nitrogen and oxygen atoms in total. The molecule has 0 aromatic carbocycles. The number of hydrogen-bond acceptors (Lipinski definition) is 3. The van der Waals surface area contributed by atoms with Gasteiger partial charge in [0.2, 0.25) is 0 Å². The van der Waals surface area contributed by atoms with Crippen LogP contribution >= 0.6 is 0 Å². The number of likely N-dealkylation sites (tertiary alicyclic amines) is 1. The first kappa shape index (κ1) is 13.1. The number of rotatable bonds is 2. The van der Waals surface area contributed by atoms with E-state index in [-0.39, 0.29) is 18.6 Å². The van der Waals surface area contributed by atoms with Gasteiger partial charge in [0.25, 0.3) is 0 Å². The average Bonchev–Trinajstić information content (AvgIpc) is 2.38. The summed E-state index contributed by atoms with van der Waals surface area (Å²) in [4.78, 5) is 26.5. The summed E-state index contributed by atoms with van der Waals surface area (Å²) >= 11 is 0. The van der Waals surface area contributed by atoms with Gasteiger partial charge in [-0.25, -0.2) is 4.79 Å². The number of amides is 2. The first-order valence-corrected chi connectivity index (χ1v) is 6.54. The minimum absolute atomic E-state index is 0.0355. The molecule has 0 spiro atoms. The van der Waals surface area contributed by atoms with Crippen molar-refractivity contribution < 1.29 is 19.4 Å². The van der Waals surface area contributed by atoms with Gasteiger partial charge in [0.05, 0.1) is 19.1 Å². The third-order valence-electron chi connectivity index (χ3n) is 3.44. The van der Waals surface area contributed by atoms with E-state index >= 15 is 0 Å². The van der Waals surface area contributed by atoms with E-state index < -0.39 is 5.97 Å². The van der Waals surface area contributed by atoms with E-state index in [1.54, 1.807) is 4.90 Å². The molecule has 1 N–H and O–H groups in total. The standard InChI is InChI=1S/C12H20N2O4/c15-11(16)8-10-9-14(6-7-18-10)12(17)13-4-2-1-3-5-13/h10H,1-9H2,(H,15,16). The summed E-state index contributed by atoms with van der Waals surface area (Å²) in [5, 5.41) is 8.75. The second-order valence-corrected chi connectivity index (χ2v) is 4.87. The molecule has 0 radical (unpaired) electrons. The minimum Gasteiger partial charge on any atom is -0.481 e. The zero-order valence-electron chi connectivity index (χ0n) is 10.5. The maximum Gasteiger partial charge on any atom is 0.320 e. The molecule has 0 bridgehead atoms. The molecule has 1 atom stereocenters. The first-order valence-electron chi connectivity index (χ1n) is 6.54. The van der Waals surface area contributed by atoms with E-state index in [4.69, 9.17) is 9.84 Å². The topological polar surface area (TPSA) is 70.1 Å². The molecular formula is C12H20N2O4. The van der Waals surface area contributed by atoms with Crippen LogP contribution < -0.4 is 0 Å². The zero-order valence-corrected chi connectivity index (χ0v) is 10.5. The largest absolute Gasteiger partial charge is 0.481 e. The Morgan fingerprint density at radius 3 is 2.50 bits per heavy atom. The predicted octanol–water partition coefficient (Wildman–Crippen LogP) is 0.768. The third kappa shape index (κ3) is 3.35. The average molecular weight is 256 g/mol. The van der Waals surface area contributed by atoms with Gasteiger partial charge in [0.15, 0.2) is 0 Å². The second-order valence-electron chi connectivity index (χ2n) is 4.87. The van der Waals surface area contributed by atoms with E-state index in [9.17, 15) is 9.59 Å². The molecule has 0 saturated carbocycles. The molecule has 2 aliphatic rings. The fourth-order valence-electron chi connectivity index (χ4n) is 2.50. The van der Waals surface area contributed by atoms with Gasteiger partial charge in [-0.15, -0.1) is 0 Å². The molecule has 6 heteroatoms. The lowest BCUT2D eigenvalue weighted by Crippen LogP contribution is -2.52. The Hall–Kier alpha value is -1.30. The fraction of sp³-hybridized carbons (Fsp3) is 0.833. The predicted molar refractivity (Wildman–Crippen MR) is 64.4 cm³/mol. The van der Waals surface area contributed by atoms with Crippen LogP contribution in [0, 0.1) is 0 Å². The number of carboxylic acid groups (broad SMARTS) is 1. The maximum atomic E-state index is 12.2. The van der Waals surface area contributed by atoms with Crippen molar-refractivity contribution in [1.82, 2.24) is 9.80 Å². The van der Waals surface area contributed by atoms with Crippen molar-refractivity contribution in [3.05, 3.63) is 0 Å². The molecule has 2 amide bonds. The van der Waals surface area contributed by atoms with Crippen molar-refractivity contribution in [3.8, 4) is 0 Å². The van der Waals surface area contributed by atoms with Crippen LogP contribution in [-0.2, 0) is 9.53 Å². The number of piperidine rings is 1. The number of ether oxygens (including phenoxy) is 1. The molecule has 2 saturated heterocycles. The lowest BCUT2D eigenvalue weighted by Gasteiger charge is -2.37. The molecule has 1 unspecified atom stereocenters. The number of nitrogens with zero attached hydrogens (tertiary/aromatic N) is 2. The van der Waals surface area contributed by atoms with Crippen LogP contribution in [0.3, 0.4) is 0 Å². The Kier molecular flexibility index (Phi) is 4.41. The number of carbonyl (C=O) groups is 2. The number of morpholine rings is 1. The van der Waals surface area contributed by atoms with Gasteiger partial charge in [-0.1, -0.05) is 0 Å². The van der Waals surface area contributed by atoms with E-state index in [2.05, 4.69) is 0 Å². The SMILES string of the molecule is O=C(O)CC1CN(C(=O)N2CCCCC2)CCO1. The summed E-state index contributed by atoms with van der Waals surface area (Å²) in [7, 11) is 0. The summed E-state index contributed by atoms with van der Waals surface area (Å²) in [6.45, 7) is 3.02. The number of aliphatic carboxylic acids is 1. The Morgan fingerprint density at radius 1 is 1.11 bits per heavy atom. The number of hydrogen-bond donors (Lipinski definition) is 1. The summed E-state index contributed by atoms with van der Waals surface area (Å²) in [5.41, 5.74) is 0. The van der Waals surface area contributed by atoms with Crippen molar-refractivity contribution in [3.63, 3.8) is 0 Å². The van der Waals surface area contributed by atoms with Crippen LogP contribution in [0.4, 0.5) is 4.79 Å². The van der Waals surface area contributed by atoms with Gasteiger partial charge in [-0.05, 0) is 19.3 Å². The van der Waals surface area contributed by atoms with Crippen molar-refractivity contribution in [2.75, 3.05) is 32.8 Å². The molecular weight excluding hydrogens is 236 g/mol. The molecule has 0 aromatic heterocycles. The van der Waals surface area contributed by atoms with Gasteiger partial charge in [-0.2, -0.15) is 0 Å². The smallest absolute Gasteiger partial charge is 0.320 e. The highest BCUT2D eigenvalue weighted by Gasteiger charge is 2.29.